The number of carbonyl (C=O) groups excluding carboxylic acids is 1. The number of carbonyl (C=O) groups is 1. The first-order chi connectivity index (χ1) is 14.8. The number of hydrogen-bond acceptors (Lipinski definition) is 4. The molecule has 1 saturated carbocycles. The third kappa shape index (κ3) is 4.12. The molecular weight excluding hydrogens is 397 g/mol. The predicted molar refractivity (Wildman–Crippen MR) is 118 cm³/mol. The van der Waals surface area contributed by atoms with Crippen LogP contribution in [-0.4, -0.2) is 42.0 Å². The van der Waals surface area contributed by atoms with E-state index in [1.807, 2.05) is 32.2 Å². The van der Waals surface area contributed by atoms with Gasteiger partial charge >= 0.3 is 0 Å². The maximum Gasteiger partial charge on any atom is 0.272 e. The van der Waals surface area contributed by atoms with E-state index in [1.54, 1.807) is 19.2 Å². The summed E-state index contributed by atoms with van der Waals surface area (Å²) in [6.07, 6.45) is 2.28. The van der Waals surface area contributed by atoms with Crippen molar-refractivity contribution in [2.24, 2.45) is 5.92 Å². The van der Waals surface area contributed by atoms with Crippen LogP contribution < -0.4 is 15.4 Å². The van der Waals surface area contributed by atoms with Gasteiger partial charge in [0.15, 0.2) is 0 Å². The third-order valence-corrected chi connectivity index (χ3v) is 7.04. The van der Waals surface area contributed by atoms with Gasteiger partial charge < -0.3 is 20.5 Å². The second kappa shape index (κ2) is 8.48. The van der Waals surface area contributed by atoms with Gasteiger partial charge in [-0.25, -0.2) is 4.39 Å². The predicted octanol–water partition coefficient (Wildman–Crippen LogP) is 3.99. The zero-order valence-corrected chi connectivity index (χ0v) is 18.3. The SMILES string of the molecule is COc1cc(NC(=O)C2CCC([N+]3(C)Cc4c(F)cccc4NC3O)CC2)ccc1C. The Hall–Kier alpha value is -2.64. The molecule has 0 spiro atoms. The molecule has 0 bridgehead atoms. The normalized spacial score (nSPS) is 27.7. The molecule has 0 radical (unpaired) electrons. The molecule has 0 aromatic heterocycles. The molecule has 6 nitrogen and oxygen atoms in total. The molecule has 1 amide bonds. The summed E-state index contributed by atoms with van der Waals surface area (Å²) in [5.41, 5.74) is 3.02. The summed E-state index contributed by atoms with van der Waals surface area (Å²) >= 11 is 0. The molecule has 2 aromatic rings. The minimum Gasteiger partial charge on any atom is -0.496 e. The van der Waals surface area contributed by atoms with Gasteiger partial charge in [0.05, 0.1) is 31.5 Å². The number of halogens is 1. The minimum absolute atomic E-state index is 0.0146. The van der Waals surface area contributed by atoms with Crippen molar-refractivity contribution in [3.8, 4) is 5.75 Å². The van der Waals surface area contributed by atoms with Gasteiger partial charge in [-0.1, -0.05) is 12.1 Å². The number of quaternary nitrogens is 1. The highest BCUT2D eigenvalue weighted by Crippen LogP contribution is 2.38. The number of hydrogen-bond donors (Lipinski definition) is 3. The van der Waals surface area contributed by atoms with Crippen LogP contribution in [-0.2, 0) is 11.3 Å². The molecule has 2 aromatic carbocycles. The lowest BCUT2D eigenvalue weighted by Crippen LogP contribution is -2.63. The lowest BCUT2D eigenvalue weighted by atomic mass is 9.83. The van der Waals surface area contributed by atoms with Crippen molar-refractivity contribution in [1.29, 1.82) is 0 Å². The van der Waals surface area contributed by atoms with E-state index in [0.29, 0.717) is 22.3 Å². The Balaban J connectivity index is 1.40. The number of benzene rings is 2. The van der Waals surface area contributed by atoms with Crippen LogP contribution in [0.3, 0.4) is 0 Å². The Labute approximate surface area is 182 Å². The number of aliphatic hydroxyl groups excluding tert-OH is 1. The van der Waals surface area contributed by atoms with Crippen molar-refractivity contribution in [2.75, 3.05) is 24.8 Å². The van der Waals surface area contributed by atoms with Gasteiger partial charge in [0, 0.05) is 30.5 Å². The molecule has 1 aliphatic heterocycles. The van der Waals surface area contributed by atoms with Gasteiger partial charge in [0.2, 0.25) is 5.91 Å². The summed E-state index contributed by atoms with van der Waals surface area (Å²) in [6, 6.07) is 10.7. The van der Waals surface area contributed by atoms with E-state index in [9.17, 15) is 14.3 Å². The summed E-state index contributed by atoms with van der Waals surface area (Å²) in [5.74, 6) is 0.440. The number of methoxy groups -OCH3 is 1. The van der Waals surface area contributed by atoms with Crippen LogP contribution in [0.2, 0.25) is 0 Å². The van der Waals surface area contributed by atoms with Crippen LogP contribution in [0.1, 0.15) is 36.8 Å². The smallest absolute Gasteiger partial charge is 0.272 e. The number of fused-ring (bicyclic) bond motifs is 1. The van der Waals surface area contributed by atoms with Crippen LogP contribution in [0.4, 0.5) is 15.8 Å². The first-order valence-corrected chi connectivity index (χ1v) is 10.8. The summed E-state index contributed by atoms with van der Waals surface area (Å²) in [6.45, 7) is 2.39. The number of ether oxygens (including phenoxy) is 1. The van der Waals surface area contributed by atoms with Gasteiger partial charge in [0.1, 0.15) is 18.1 Å². The summed E-state index contributed by atoms with van der Waals surface area (Å²) in [5, 5.41) is 16.9. The van der Waals surface area contributed by atoms with Crippen molar-refractivity contribution in [3.05, 3.63) is 53.3 Å². The maximum atomic E-state index is 14.4. The Kier molecular flexibility index (Phi) is 5.90. The molecule has 1 heterocycles. The second-order valence-electron chi connectivity index (χ2n) is 8.97. The van der Waals surface area contributed by atoms with E-state index in [4.69, 9.17) is 4.74 Å². The number of anilines is 2. The second-order valence-corrected chi connectivity index (χ2v) is 8.97. The Morgan fingerprint density at radius 1 is 1.23 bits per heavy atom. The van der Waals surface area contributed by atoms with E-state index >= 15 is 0 Å². The number of aliphatic hydroxyl groups is 1. The fourth-order valence-electron chi connectivity index (χ4n) is 4.97. The topological polar surface area (TPSA) is 70.6 Å². The van der Waals surface area contributed by atoms with E-state index < -0.39 is 6.35 Å². The fraction of sp³-hybridized carbons (Fsp3) is 0.458. The van der Waals surface area contributed by atoms with Gasteiger partial charge in [-0.05, 0) is 43.5 Å². The van der Waals surface area contributed by atoms with Crippen LogP contribution in [0, 0.1) is 18.7 Å². The summed E-state index contributed by atoms with van der Waals surface area (Å²) < 4.78 is 20.0. The number of nitrogens with zero attached hydrogens (tertiary/aromatic N) is 1. The lowest BCUT2D eigenvalue weighted by Gasteiger charge is -2.49. The van der Waals surface area contributed by atoms with Crippen molar-refractivity contribution in [3.63, 3.8) is 0 Å². The van der Waals surface area contributed by atoms with Gasteiger partial charge in [-0.3, -0.25) is 9.28 Å². The van der Waals surface area contributed by atoms with Crippen molar-refractivity contribution < 1.29 is 23.5 Å². The number of aryl methyl sites for hydroxylation is 1. The Morgan fingerprint density at radius 3 is 2.68 bits per heavy atom. The van der Waals surface area contributed by atoms with E-state index in [-0.39, 0.29) is 23.7 Å². The van der Waals surface area contributed by atoms with Crippen molar-refractivity contribution in [2.45, 2.75) is 51.5 Å². The zero-order valence-electron chi connectivity index (χ0n) is 18.3. The van der Waals surface area contributed by atoms with Crippen LogP contribution in [0.25, 0.3) is 0 Å². The highest BCUT2D eigenvalue weighted by Gasteiger charge is 2.45. The van der Waals surface area contributed by atoms with Crippen LogP contribution in [0.15, 0.2) is 36.4 Å². The van der Waals surface area contributed by atoms with E-state index in [1.165, 1.54) is 6.07 Å². The minimum atomic E-state index is -0.801. The Morgan fingerprint density at radius 2 is 1.97 bits per heavy atom. The first kappa shape index (κ1) is 21.6. The van der Waals surface area contributed by atoms with Gasteiger partial charge in [0.25, 0.3) is 6.35 Å². The molecule has 2 aliphatic rings. The van der Waals surface area contributed by atoms with Crippen molar-refractivity contribution >= 4 is 17.3 Å². The largest absolute Gasteiger partial charge is 0.496 e. The number of amides is 1. The number of rotatable bonds is 4. The summed E-state index contributed by atoms with van der Waals surface area (Å²) in [7, 11) is 3.59. The molecule has 4 rings (SSSR count). The summed E-state index contributed by atoms with van der Waals surface area (Å²) in [4.78, 5) is 12.8. The standard InChI is InChI=1S/C24H30FN3O3/c1-15-7-10-17(13-22(15)31-3)26-23(29)16-8-11-18(12-9-16)28(2)14-19-20(25)5-4-6-21(19)27-24(28)30/h4-7,10,13,16,18,24,27,30H,8-9,11-12,14H2,1-3H3/p+1. The lowest BCUT2D eigenvalue weighted by molar-refractivity contribution is -0.986. The monoisotopic (exact) mass is 428 g/mol. The zero-order chi connectivity index (χ0) is 22.2. The van der Waals surface area contributed by atoms with Gasteiger partial charge in [-0.15, -0.1) is 0 Å². The van der Waals surface area contributed by atoms with Crippen molar-refractivity contribution in [1.82, 2.24) is 0 Å². The first-order valence-electron chi connectivity index (χ1n) is 10.8. The molecule has 0 saturated heterocycles. The van der Waals surface area contributed by atoms with Crippen LogP contribution in [0.5, 0.6) is 5.75 Å². The average molecular weight is 429 g/mol. The Bertz CT molecular complexity index is 975. The molecular formula is C24H31FN3O3+. The molecule has 3 N–H and O–H groups in total. The van der Waals surface area contributed by atoms with E-state index in [2.05, 4.69) is 10.6 Å². The van der Waals surface area contributed by atoms with E-state index in [0.717, 1.165) is 42.7 Å². The van der Waals surface area contributed by atoms with Crippen LogP contribution >= 0.6 is 0 Å². The molecule has 31 heavy (non-hydrogen) atoms. The molecule has 7 heteroatoms. The average Bonchev–Trinajstić information content (AvgIpc) is 2.77. The quantitative estimate of drug-likeness (QED) is 0.644. The molecule has 2 atom stereocenters. The fourth-order valence-corrected chi connectivity index (χ4v) is 4.97. The molecule has 2 unspecified atom stereocenters. The highest BCUT2D eigenvalue weighted by molar-refractivity contribution is 5.92. The maximum absolute atomic E-state index is 14.4. The van der Waals surface area contributed by atoms with Gasteiger partial charge in [-0.2, -0.15) is 0 Å². The molecule has 1 aliphatic carbocycles. The third-order valence-electron chi connectivity index (χ3n) is 7.04. The highest BCUT2D eigenvalue weighted by atomic mass is 19.1. The molecule has 1 fully saturated rings. The number of nitrogens with one attached hydrogen (secondary N) is 2. The molecule has 166 valence electrons.